The third-order valence-corrected chi connectivity index (χ3v) is 2.74. The Morgan fingerprint density at radius 1 is 1.39 bits per heavy atom. The Morgan fingerprint density at radius 2 is 1.94 bits per heavy atom. The van der Waals surface area contributed by atoms with Gasteiger partial charge in [0.15, 0.2) is 11.5 Å². The highest BCUT2D eigenvalue weighted by Gasteiger charge is 2.25. The van der Waals surface area contributed by atoms with Crippen LogP contribution >= 0.6 is 11.6 Å². The number of carbonyl (C=O) groups excluding carboxylic acids is 1. The van der Waals surface area contributed by atoms with Crippen LogP contribution in [0.15, 0.2) is 6.07 Å². The zero-order valence-electron chi connectivity index (χ0n) is 10.9. The topological polar surface area (TPSA) is 66.8 Å². The van der Waals surface area contributed by atoms with Gasteiger partial charge < -0.3 is 14.9 Å². The maximum atomic E-state index is 12.0. The van der Waals surface area contributed by atoms with Crippen LogP contribution in [0.1, 0.15) is 37.6 Å². The molecule has 18 heavy (non-hydrogen) atoms. The second kappa shape index (κ2) is 5.06. The maximum Gasteiger partial charge on any atom is 0.170 e. The Hall–Kier alpha value is -1.42. The van der Waals surface area contributed by atoms with E-state index in [0.29, 0.717) is 0 Å². The van der Waals surface area contributed by atoms with Crippen LogP contribution in [-0.4, -0.2) is 23.1 Å². The fourth-order valence-electron chi connectivity index (χ4n) is 1.60. The van der Waals surface area contributed by atoms with Gasteiger partial charge in [0.25, 0.3) is 0 Å². The summed E-state index contributed by atoms with van der Waals surface area (Å²) in [5.41, 5.74) is -0.404. The molecular formula is C13H17ClO4. The van der Waals surface area contributed by atoms with Crippen molar-refractivity contribution in [2.45, 2.75) is 27.2 Å². The molecule has 0 radical (unpaired) electrons. The minimum atomic E-state index is -0.442. The standard InChI is InChI=1S/C13H17ClO4/c1-13(2,3)6-8(16)10-7(15)5-9(18-4)11(14)12(10)17/h5,15,17H,6H2,1-4H3. The molecule has 1 aromatic rings. The summed E-state index contributed by atoms with van der Waals surface area (Å²) in [6.07, 6.45) is 0.191. The quantitative estimate of drug-likeness (QED) is 0.828. The molecule has 100 valence electrons. The number of ether oxygens (including phenoxy) is 1. The van der Waals surface area contributed by atoms with Crippen LogP contribution in [-0.2, 0) is 0 Å². The van der Waals surface area contributed by atoms with E-state index < -0.39 is 5.75 Å². The molecule has 2 N–H and O–H groups in total. The first-order valence-corrected chi connectivity index (χ1v) is 5.87. The van der Waals surface area contributed by atoms with E-state index in [1.165, 1.54) is 13.2 Å². The van der Waals surface area contributed by atoms with Crippen molar-refractivity contribution in [3.8, 4) is 17.2 Å². The third-order valence-electron chi connectivity index (χ3n) is 2.37. The SMILES string of the molecule is COc1cc(O)c(C(=O)CC(C)(C)C)c(O)c1Cl. The minimum Gasteiger partial charge on any atom is -0.507 e. The van der Waals surface area contributed by atoms with Crippen LogP contribution in [0.5, 0.6) is 17.2 Å². The van der Waals surface area contributed by atoms with E-state index in [2.05, 4.69) is 0 Å². The summed E-state index contributed by atoms with van der Waals surface area (Å²) in [5.74, 6) is -1.01. The fourth-order valence-corrected chi connectivity index (χ4v) is 1.83. The zero-order chi connectivity index (χ0) is 14.1. The molecule has 0 aliphatic heterocycles. The number of methoxy groups -OCH3 is 1. The maximum absolute atomic E-state index is 12.0. The van der Waals surface area contributed by atoms with Crippen molar-refractivity contribution in [1.29, 1.82) is 0 Å². The Bertz CT molecular complexity index is 475. The molecule has 0 amide bonds. The number of benzene rings is 1. The Morgan fingerprint density at radius 3 is 2.39 bits per heavy atom. The van der Waals surface area contributed by atoms with Crippen LogP contribution in [0.4, 0.5) is 0 Å². The highest BCUT2D eigenvalue weighted by Crippen LogP contribution is 2.42. The summed E-state index contributed by atoms with van der Waals surface area (Å²) in [4.78, 5) is 12.0. The van der Waals surface area contributed by atoms with Gasteiger partial charge in [0.2, 0.25) is 0 Å². The van der Waals surface area contributed by atoms with Gasteiger partial charge in [-0.15, -0.1) is 0 Å². The second-order valence-electron chi connectivity index (χ2n) is 5.30. The fraction of sp³-hybridized carbons (Fsp3) is 0.462. The molecule has 0 bridgehead atoms. The highest BCUT2D eigenvalue weighted by atomic mass is 35.5. The predicted molar refractivity (Wildman–Crippen MR) is 69.7 cm³/mol. The van der Waals surface area contributed by atoms with Crippen molar-refractivity contribution >= 4 is 17.4 Å². The number of hydrogen-bond acceptors (Lipinski definition) is 4. The monoisotopic (exact) mass is 272 g/mol. The summed E-state index contributed by atoms with van der Waals surface area (Å²) >= 11 is 5.85. The van der Waals surface area contributed by atoms with Gasteiger partial charge in [-0.1, -0.05) is 32.4 Å². The normalized spacial score (nSPS) is 11.4. The van der Waals surface area contributed by atoms with E-state index in [0.717, 1.165) is 0 Å². The van der Waals surface area contributed by atoms with Crippen molar-refractivity contribution in [1.82, 2.24) is 0 Å². The van der Waals surface area contributed by atoms with Gasteiger partial charge in [0, 0.05) is 12.5 Å². The second-order valence-corrected chi connectivity index (χ2v) is 5.67. The number of phenolic OH excluding ortho intramolecular Hbond substituents is 2. The summed E-state index contributed by atoms with van der Waals surface area (Å²) in [6.45, 7) is 5.68. The number of aromatic hydroxyl groups is 2. The highest BCUT2D eigenvalue weighted by molar-refractivity contribution is 6.34. The first-order chi connectivity index (χ1) is 8.17. The van der Waals surface area contributed by atoms with Crippen molar-refractivity contribution in [3.63, 3.8) is 0 Å². The lowest BCUT2D eigenvalue weighted by molar-refractivity contribution is 0.0934. The average molecular weight is 273 g/mol. The van der Waals surface area contributed by atoms with Gasteiger partial charge >= 0.3 is 0 Å². The summed E-state index contributed by atoms with van der Waals surface area (Å²) < 4.78 is 4.88. The first-order valence-electron chi connectivity index (χ1n) is 5.49. The van der Waals surface area contributed by atoms with E-state index in [-0.39, 0.29) is 39.7 Å². The molecule has 0 unspecified atom stereocenters. The average Bonchev–Trinajstić information content (AvgIpc) is 2.20. The Labute approximate surface area is 111 Å². The van der Waals surface area contributed by atoms with Crippen LogP contribution < -0.4 is 4.74 Å². The Balaban J connectivity index is 3.26. The van der Waals surface area contributed by atoms with Crippen molar-refractivity contribution in [2.24, 2.45) is 5.41 Å². The molecule has 0 aliphatic carbocycles. The first kappa shape index (κ1) is 14.6. The van der Waals surface area contributed by atoms with Crippen LogP contribution in [0.25, 0.3) is 0 Å². The third kappa shape index (κ3) is 3.07. The van der Waals surface area contributed by atoms with Gasteiger partial charge in [0.05, 0.1) is 7.11 Å². The van der Waals surface area contributed by atoms with Crippen LogP contribution in [0.3, 0.4) is 0 Å². The summed E-state index contributed by atoms with van der Waals surface area (Å²) in [7, 11) is 1.36. The number of rotatable bonds is 3. The number of ketones is 1. The molecule has 1 aromatic carbocycles. The van der Waals surface area contributed by atoms with Gasteiger partial charge in [-0.25, -0.2) is 0 Å². The molecule has 0 atom stereocenters. The summed E-state index contributed by atoms with van der Waals surface area (Å²) in [6, 6.07) is 1.22. The predicted octanol–water partition coefficient (Wildman–Crippen LogP) is 3.38. The number of hydrogen-bond donors (Lipinski definition) is 2. The van der Waals surface area contributed by atoms with Crippen LogP contribution in [0, 0.1) is 5.41 Å². The molecule has 0 saturated heterocycles. The molecule has 1 rings (SSSR count). The number of carbonyl (C=O) groups is 1. The minimum absolute atomic E-state index is 0.0763. The molecule has 0 aliphatic rings. The zero-order valence-corrected chi connectivity index (χ0v) is 11.6. The van der Waals surface area contributed by atoms with Gasteiger partial charge in [-0.2, -0.15) is 0 Å². The Kier molecular flexibility index (Phi) is 4.12. The van der Waals surface area contributed by atoms with E-state index in [4.69, 9.17) is 16.3 Å². The number of halogens is 1. The number of phenols is 2. The van der Waals surface area contributed by atoms with E-state index >= 15 is 0 Å². The van der Waals surface area contributed by atoms with Crippen molar-refractivity contribution in [2.75, 3.05) is 7.11 Å². The van der Waals surface area contributed by atoms with Crippen LogP contribution in [0.2, 0.25) is 5.02 Å². The molecule has 4 nitrogen and oxygen atoms in total. The summed E-state index contributed by atoms with van der Waals surface area (Å²) in [5, 5.41) is 19.6. The molecule has 0 saturated carbocycles. The van der Waals surface area contributed by atoms with Crippen molar-refractivity contribution < 1.29 is 19.7 Å². The largest absolute Gasteiger partial charge is 0.507 e. The molecular weight excluding hydrogens is 256 g/mol. The van der Waals surface area contributed by atoms with Gasteiger partial charge in [-0.3, -0.25) is 4.79 Å². The molecule has 0 heterocycles. The molecule has 0 aromatic heterocycles. The lowest BCUT2D eigenvalue weighted by Gasteiger charge is -2.18. The van der Waals surface area contributed by atoms with Gasteiger partial charge in [-0.05, 0) is 5.41 Å². The van der Waals surface area contributed by atoms with Gasteiger partial charge in [0.1, 0.15) is 22.1 Å². The molecule has 0 spiro atoms. The van der Waals surface area contributed by atoms with E-state index in [9.17, 15) is 15.0 Å². The van der Waals surface area contributed by atoms with E-state index in [1.54, 1.807) is 0 Å². The van der Waals surface area contributed by atoms with E-state index in [1.807, 2.05) is 20.8 Å². The lowest BCUT2D eigenvalue weighted by atomic mass is 9.87. The lowest BCUT2D eigenvalue weighted by Crippen LogP contribution is -2.13. The number of Topliss-reactive ketones (excluding diaryl/α,β-unsaturated/α-hetero) is 1. The molecule has 0 fully saturated rings. The van der Waals surface area contributed by atoms with Crippen molar-refractivity contribution in [3.05, 3.63) is 16.7 Å². The smallest absolute Gasteiger partial charge is 0.170 e. The molecule has 5 heteroatoms.